The van der Waals surface area contributed by atoms with Crippen molar-refractivity contribution in [1.82, 2.24) is 4.90 Å². The van der Waals surface area contributed by atoms with E-state index in [0.717, 1.165) is 12.0 Å². The molecule has 1 aromatic carbocycles. The van der Waals surface area contributed by atoms with Crippen LogP contribution in [0.5, 0.6) is 0 Å². The van der Waals surface area contributed by atoms with Gasteiger partial charge in [-0.05, 0) is 49.4 Å². The Morgan fingerprint density at radius 2 is 1.85 bits per heavy atom. The van der Waals surface area contributed by atoms with Crippen LogP contribution in [0.2, 0.25) is 0 Å². The Kier molecular flexibility index (Phi) is 6.99. The van der Waals surface area contributed by atoms with E-state index in [1.165, 1.54) is 27.5 Å². The number of piperidine rings is 1. The topological polar surface area (TPSA) is 121 Å². The third kappa shape index (κ3) is 5.77. The van der Waals surface area contributed by atoms with Gasteiger partial charge in [-0.3, -0.25) is 4.55 Å². The first-order valence-corrected chi connectivity index (χ1v) is 10.7. The van der Waals surface area contributed by atoms with Crippen molar-refractivity contribution in [2.24, 2.45) is 5.73 Å². The molecular weight excluding hydrogens is 388 g/mol. The molecule has 1 amide bonds. The van der Waals surface area contributed by atoms with E-state index >= 15 is 0 Å². The van der Waals surface area contributed by atoms with Crippen molar-refractivity contribution in [2.45, 2.75) is 37.1 Å². The number of carbonyl (C=O) groups is 1. The van der Waals surface area contributed by atoms with E-state index < -0.39 is 16.2 Å². The Labute approximate surface area is 163 Å². The van der Waals surface area contributed by atoms with E-state index in [0.29, 0.717) is 13.1 Å². The fraction of sp³-hybridized carbons (Fsp3) is 0.389. The van der Waals surface area contributed by atoms with Crippen molar-refractivity contribution in [1.29, 1.82) is 0 Å². The van der Waals surface area contributed by atoms with Crippen LogP contribution in [0.15, 0.2) is 40.6 Å². The van der Waals surface area contributed by atoms with Crippen molar-refractivity contribution in [3.05, 3.63) is 51.7 Å². The Hall–Kier alpha value is -1.94. The third-order valence-corrected chi connectivity index (χ3v) is 6.51. The van der Waals surface area contributed by atoms with Gasteiger partial charge in [0.1, 0.15) is 0 Å². The molecule has 0 bridgehead atoms. The summed E-state index contributed by atoms with van der Waals surface area (Å²) in [5, 5.41) is 11.0. The number of nitrogens with zero attached hydrogens (tertiary/aromatic N) is 1. The Morgan fingerprint density at radius 3 is 2.33 bits per heavy atom. The van der Waals surface area contributed by atoms with Gasteiger partial charge in [0.25, 0.3) is 10.1 Å². The number of carboxylic acid groups (broad SMARTS) is 1. The van der Waals surface area contributed by atoms with E-state index in [1.54, 1.807) is 23.5 Å². The zero-order chi connectivity index (χ0) is 20.2. The summed E-state index contributed by atoms with van der Waals surface area (Å²) in [5.74, 6) is 0.157. The highest BCUT2D eigenvalue weighted by Gasteiger charge is 2.31. The summed E-state index contributed by atoms with van der Waals surface area (Å²) in [6.45, 7) is 4.97. The summed E-state index contributed by atoms with van der Waals surface area (Å²) in [5.41, 5.74) is 8.26. The van der Waals surface area contributed by atoms with Gasteiger partial charge in [0.05, 0.1) is 4.90 Å². The van der Waals surface area contributed by atoms with Crippen LogP contribution in [0, 0.1) is 13.8 Å². The standard InChI is InChI=1S/C11H16N2O2S.C7H8O3S/c1-7-3-5-16-10(7)8-6-13(11(14)15)4-2-9(8)12;1-6-2-4-7(5-3-6)11(8,9)10/h3,5,8-9H,2,4,6,12H2,1H3,(H,14,15);2-5H,1H3,(H,8,9,10)/t8-,9-;/m1./s1. The normalized spacial score (nSPS) is 19.9. The average molecular weight is 413 g/mol. The first-order chi connectivity index (χ1) is 12.6. The summed E-state index contributed by atoms with van der Waals surface area (Å²) in [4.78, 5) is 13.6. The number of benzene rings is 1. The first-order valence-electron chi connectivity index (χ1n) is 8.41. The second kappa shape index (κ2) is 8.83. The first kappa shape index (κ1) is 21.4. The monoisotopic (exact) mass is 412 g/mol. The number of thiophene rings is 1. The Morgan fingerprint density at radius 1 is 1.22 bits per heavy atom. The number of hydrogen-bond donors (Lipinski definition) is 3. The molecule has 0 unspecified atom stereocenters. The average Bonchev–Trinajstić information content (AvgIpc) is 3.01. The molecule has 0 radical (unpaired) electrons. The van der Waals surface area contributed by atoms with Crippen LogP contribution >= 0.6 is 11.3 Å². The zero-order valence-corrected chi connectivity index (χ0v) is 16.8. The number of aryl methyl sites for hydroxylation is 2. The minimum atomic E-state index is -4.02. The van der Waals surface area contributed by atoms with Crippen LogP contribution in [-0.2, 0) is 10.1 Å². The number of rotatable bonds is 2. The molecule has 0 spiro atoms. The highest BCUT2D eigenvalue weighted by Crippen LogP contribution is 2.32. The quantitative estimate of drug-likeness (QED) is 0.652. The molecule has 2 heterocycles. The van der Waals surface area contributed by atoms with Gasteiger partial charge in [0.2, 0.25) is 0 Å². The maximum absolute atomic E-state index is 10.9. The third-order valence-electron chi connectivity index (χ3n) is 4.49. The minimum absolute atomic E-state index is 0.0666. The van der Waals surface area contributed by atoms with E-state index in [2.05, 4.69) is 13.0 Å². The zero-order valence-electron chi connectivity index (χ0n) is 15.2. The number of amides is 1. The molecule has 1 saturated heterocycles. The molecule has 2 atom stereocenters. The summed E-state index contributed by atoms with van der Waals surface area (Å²) in [6, 6.07) is 8.13. The lowest BCUT2D eigenvalue weighted by Gasteiger charge is -2.35. The highest BCUT2D eigenvalue weighted by molar-refractivity contribution is 7.85. The summed E-state index contributed by atoms with van der Waals surface area (Å²) in [6.07, 6.45) is -0.0972. The lowest BCUT2D eigenvalue weighted by molar-refractivity contribution is 0.126. The SMILES string of the molecule is Cc1ccc(S(=O)(=O)O)cc1.Cc1ccsc1[C@@H]1CN(C(=O)O)CC[C@H]1N. The molecule has 148 valence electrons. The van der Waals surface area contributed by atoms with E-state index in [4.69, 9.17) is 15.4 Å². The van der Waals surface area contributed by atoms with Gasteiger partial charge in [-0.15, -0.1) is 11.3 Å². The van der Waals surface area contributed by atoms with Crippen molar-refractivity contribution in [3.63, 3.8) is 0 Å². The second-order valence-corrected chi connectivity index (χ2v) is 8.91. The minimum Gasteiger partial charge on any atom is -0.465 e. The number of nitrogens with two attached hydrogens (primary N) is 1. The summed E-state index contributed by atoms with van der Waals surface area (Å²) >= 11 is 1.67. The molecule has 4 N–H and O–H groups in total. The second-order valence-electron chi connectivity index (χ2n) is 6.54. The predicted molar refractivity (Wildman–Crippen MR) is 105 cm³/mol. The molecular formula is C18H24N2O5S2. The molecule has 9 heteroatoms. The Bertz CT molecular complexity index is 877. The summed E-state index contributed by atoms with van der Waals surface area (Å²) < 4.78 is 29.6. The van der Waals surface area contributed by atoms with Crippen molar-refractivity contribution in [3.8, 4) is 0 Å². The van der Waals surface area contributed by atoms with Crippen molar-refractivity contribution < 1.29 is 22.9 Å². The van der Waals surface area contributed by atoms with Crippen LogP contribution in [0.1, 0.15) is 28.3 Å². The maximum atomic E-state index is 10.9. The maximum Gasteiger partial charge on any atom is 0.407 e. The van der Waals surface area contributed by atoms with Gasteiger partial charge >= 0.3 is 6.09 Å². The molecule has 0 saturated carbocycles. The molecule has 3 rings (SSSR count). The summed E-state index contributed by atoms with van der Waals surface area (Å²) in [7, 11) is -4.02. The van der Waals surface area contributed by atoms with Gasteiger partial charge < -0.3 is 15.7 Å². The fourth-order valence-corrected chi connectivity index (χ4v) is 4.47. The Balaban J connectivity index is 0.000000208. The predicted octanol–water partition coefficient (Wildman–Crippen LogP) is 3.09. The molecule has 27 heavy (non-hydrogen) atoms. The van der Waals surface area contributed by atoms with Gasteiger partial charge in [-0.25, -0.2) is 4.79 Å². The fourth-order valence-electron chi connectivity index (χ4n) is 2.90. The van der Waals surface area contributed by atoms with Crippen LogP contribution < -0.4 is 5.73 Å². The highest BCUT2D eigenvalue weighted by atomic mass is 32.2. The number of likely N-dealkylation sites (tertiary alicyclic amines) is 1. The number of hydrogen-bond acceptors (Lipinski definition) is 5. The van der Waals surface area contributed by atoms with Gasteiger partial charge in [0.15, 0.2) is 0 Å². The van der Waals surface area contributed by atoms with Gasteiger partial charge in [0, 0.05) is 29.9 Å². The van der Waals surface area contributed by atoms with Gasteiger partial charge in [-0.2, -0.15) is 8.42 Å². The molecule has 1 fully saturated rings. The lowest BCUT2D eigenvalue weighted by Crippen LogP contribution is -2.47. The molecule has 0 aliphatic carbocycles. The van der Waals surface area contributed by atoms with E-state index in [9.17, 15) is 13.2 Å². The van der Waals surface area contributed by atoms with Crippen LogP contribution in [0.3, 0.4) is 0 Å². The molecule has 7 nitrogen and oxygen atoms in total. The van der Waals surface area contributed by atoms with Gasteiger partial charge in [-0.1, -0.05) is 17.7 Å². The van der Waals surface area contributed by atoms with E-state index in [-0.39, 0.29) is 16.9 Å². The molecule has 2 aromatic rings. The smallest absolute Gasteiger partial charge is 0.407 e. The molecule has 1 aliphatic rings. The lowest BCUT2D eigenvalue weighted by atomic mass is 9.90. The van der Waals surface area contributed by atoms with Crippen molar-refractivity contribution >= 4 is 27.5 Å². The van der Waals surface area contributed by atoms with E-state index in [1.807, 2.05) is 12.3 Å². The van der Waals surface area contributed by atoms with Crippen molar-refractivity contribution in [2.75, 3.05) is 13.1 Å². The largest absolute Gasteiger partial charge is 0.465 e. The molecule has 1 aliphatic heterocycles. The van der Waals surface area contributed by atoms with Crippen LogP contribution in [-0.4, -0.2) is 48.2 Å². The van der Waals surface area contributed by atoms with Crippen LogP contribution in [0.25, 0.3) is 0 Å². The molecule has 1 aromatic heterocycles. The van der Waals surface area contributed by atoms with Crippen LogP contribution in [0.4, 0.5) is 4.79 Å².